The Bertz CT molecular complexity index is 1240. The third-order valence-corrected chi connectivity index (χ3v) is 5.56. The monoisotopic (exact) mass is 491 g/mol. The van der Waals surface area contributed by atoms with E-state index in [2.05, 4.69) is 10.2 Å². The van der Waals surface area contributed by atoms with Crippen LogP contribution in [0.15, 0.2) is 30.6 Å². The molecule has 33 heavy (non-hydrogen) atoms. The van der Waals surface area contributed by atoms with Crippen LogP contribution in [0.2, 0.25) is 10.0 Å². The Labute approximate surface area is 198 Å². The largest absolute Gasteiger partial charge is 0.324 e. The van der Waals surface area contributed by atoms with E-state index >= 15 is 0 Å². The SMILES string of the molecule is Cc1nn(C)c(/C=C/N(/C=C/c2c([N+](=O)[O-])c(C)nn2C)c2ccc(Cl)c(Cl)c2)c1[N+](=O)[O-]. The minimum absolute atomic E-state index is 0.121. The maximum atomic E-state index is 11.5. The summed E-state index contributed by atoms with van der Waals surface area (Å²) in [6, 6.07) is 4.89. The Morgan fingerprint density at radius 1 is 0.879 bits per heavy atom. The lowest BCUT2D eigenvalue weighted by molar-refractivity contribution is -0.385. The number of aromatic nitrogens is 4. The third kappa shape index (κ3) is 4.89. The van der Waals surface area contributed by atoms with Crippen molar-refractivity contribution in [2.75, 3.05) is 4.90 Å². The molecule has 0 saturated heterocycles. The average molecular weight is 492 g/mol. The Morgan fingerprint density at radius 3 is 1.73 bits per heavy atom. The van der Waals surface area contributed by atoms with Crippen LogP contribution >= 0.6 is 23.2 Å². The summed E-state index contributed by atoms with van der Waals surface area (Å²) in [6.07, 6.45) is 6.17. The van der Waals surface area contributed by atoms with Crippen molar-refractivity contribution >= 4 is 52.4 Å². The average Bonchev–Trinajstić information content (AvgIpc) is 3.17. The number of anilines is 1. The third-order valence-electron chi connectivity index (χ3n) is 4.82. The summed E-state index contributed by atoms with van der Waals surface area (Å²) in [5.41, 5.74) is 1.44. The van der Waals surface area contributed by atoms with Gasteiger partial charge in [0.15, 0.2) is 0 Å². The molecule has 11 nitrogen and oxygen atoms in total. The van der Waals surface area contributed by atoms with E-state index in [1.54, 1.807) is 63.4 Å². The number of nitro groups is 2. The van der Waals surface area contributed by atoms with Crippen LogP contribution in [0, 0.1) is 34.1 Å². The van der Waals surface area contributed by atoms with E-state index in [1.807, 2.05) is 0 Å². The van der Waals surface area contributed by atoms with Crippen LogP contribution in [0.5, 0.6) is 0 Å². The van der Waals surface area contributed by atoms with Crippen LogP contribution in [0.4, 0.5) is 17.1 Å². The highest BCUT2D eigenvalue weighted by molar-refractivity contribution is 6.42. The van der Waals surface area contributed by atoms with Crippen molar-refractivity contribution in [3.8, 4) is 0 Å². The van der Waals surface area contributed by atoms with Gasteiger partial charge in [-0.1, -0.05) is 23.2 Å². The number of halogens is 2. The molecule has 172 valence electrons. The molecule has 0 amide bonds. The van der Waals surface area contributed by atoms with Gasteiger partial charge >= 0.3 is 11.4 Å². The van der Waals surface area contributed by atoms with Crippen LogP contribution in [0.1, 0.15) is 22.8 Å². The maximum Gasteiger partial charge on any atom is 0.317 e. The number of hydrogen-bond acceptors (Lipinski definition) is 7. The molecule has 0 atom stereocenters. The van der Waals surface area contributed by atoms with Gasteiger partial charge in [0, 0.05) is 32.2 Å². The summed E-state index contributed by atoms with van der Waals surface area (Å²) in [7, 11) is 3.20. The minimum Gasteiger partial charge on any atom is -0.324 e. The molecule has 2 heterocycles. The van der Waals surface area contributed by atoms with Gasteiger partial charge in [0.05, 0.1) is 19.9 Å². The van der Waals surface area contributed by atoms with Crippen LogP contribution in [0.3, 0.4) is 0 Å². The van der Waals surface area contributed by atoms with Gasteiger partial charge < -0.3 is 4.90 Å². The summed E-state index contributed by atoms with van der Waals surface area (Å²) in [5.74, 6) is 0. The van der Waals surface area contributed by atoms with Gasteiger partial charge in [-0.15, -0.1) is 0 Å². The molecule has 0 bridgehead atoms. The normalized spacial score (nSPS) is 11.6. The van der Waals surface area contributed by atoms with Gasteiger partial charge in [0.2, 0.25) is 0 Å². The lowest BCUT2D eigenvalue weighted by atomic mass is 10.2. The summed E-state index contributed by atoms with van der Waals surface area (Å²) < 4.78 is 2.80. The molecule has 0 aliphatic heterocycles. The first-order valence-corrected chi connectivity index (χ1v) is 10.2. The van der Waals surface area contributed by atoms with Crippen molar-refractivity contribution in [3.05, 3.63) is 83.6 Å². The number of benzene rings is 1. The number of nitrogens with zero attached hydrogens (tertiary/aromatic N) is 7. The Kier molecular flexibility index (Phi) is 6.84. The van der Waals surface area contributed by atoms with E-state index < -0.39 is 9.85 Å². The van der Waals surface area contributed by atoms with Crippen LogP contribution < -0.4 is 4.90 Å². The molecule has 13 heteroatoms. The van der Waals surface area contributed by atoms with Crippen LogP contribution in [-0.4, -0.2) is 29.4 Å². The topological polar surface area (TPSA) is 125 Å². The molecule has 1 aromatic carbocycles. The molecule has 0 saturated carbocycles. The fourth-order valence-corrected chi connectivity index (χ4v) is 3.62. The second-order valence-corrected chi connectivity index (χ2v) is 7.85. The molecule has 0 N–H and O–H groups in total. The standard InChI is InChI=1S/C20H19Cl2N7O4/c1-12-19(28(30)31)17(25(3)23-12)7-9-27(14-5-6-15(21)16(22)11-14)10-8-18-20(29(32)33)13(2)24-26(18)4/h5-11H,1-4H3/b9-7+,10-8+. The van der Waals surface area contributed by atoms with Crippen molar-refractivity contribution in [1.29, 1.82) is 0 Å². The number of hydrogen-bond donors (Lipinski definition) is 0. The predicted octanol–water partition coefficient (Wildman–Crippen LogP) is 5.04. The molecule has 0 aliphatic carbocycles. The van der Waals surface area contributed by atoms with Gasteiger partial charge in [-0.05, 0) is 44.2 Å². The van der Waals surface area contributed by atoms with E-state index in [9.17, 15) is 20.2 Å². The predicted molar refractivity (Wildman–Crippen MR) is 126 cm³/mol. The number of rotatable bonds is 7. The van der Waals surface area contributed by atoms with Gasteiger partial charge in [-0.2, -0.15) is 10.2 Å². The zero-order chi connectivity index (χ0) is 24.4. The van der Waals surface area contributed by atoms with Gasteiger partial charge in [0.25, 0.3) is 0 Å². The molecule has 2 aromatic heterocycles. The fourth-order valence-electron chi connectivity index (χ4n) is 3.32. The van der Waals surface area contributed by atoms with E-state index in [1.165, 1.54) is 21.5 Å². The van der Waals surface area contributed by atoms with E-state index in [0.717, 1.165) is 0 Å². The van der Waals surface area contributed by atoms with Crippen molar-refractivity contribution in [2.45, 2.75) is 13.8 Å². The molecular weight excluding hydrogens is 473 g/mol. The molecule has 0 radical (unpaired) electrons. The molecule has 0 spiro atoms. The minimum atomic E-state index is -0.497. The zero-order valence-corrected chi connectivity index (χ0v) is 19.6. The van der Waals surface area contributed by atoms with E-state index in [-0.39, 0.29) is 34.2 Å². The van der Waals surface area contributed by atoms with Crippen LogP contribution in [-0.2, 0) is 14.1 Å². The van der Waals surface area contributed by atoms with Crippen LogP contribution in [0.25, 0.3) is 12.2 Å². The molecule has 0 aliphatic rings. The quantitative estimate of drug-likeness (QED) is 0.334. The molecule has 0 fully saturated rings. The van der Waals surface area contributed by atoms with Gasteiger partial charge in [-0.25, -0.2) is 0 Å². The Morgan fingerprint density at radius 2 is 1.33 bits per heavy atom. The Balaban J connectivity index is 2.10. The smallest absolute Gasteiger partial charge is 0.317 e. The highest BCUT2D eigenvalue weighted by Crippen LogP contribution is 2.30. The van der Waals surface area contributed by atoms with Crippen molar-refractivity contribution < 1.29 is 9.85 Å². The second kappa shape index (κ2) is 9.43. The van der Waals surface area contributed by atoms with Gasteiger partial charge in [-0.3, -0.25) is 29.6 Å². The van der Waals surface area contributed by atoms with E-state index in [0.29, 0.717) is 15.7 Å². The first-order chi connectivity index (χ1) is 15.5. The van der Waals surface area contributed by atoms with Crippen molar-refractivity contribution in [1.82, 2.24) is 19.6 Å². The summed E-state index contributed by atoms with van der Waals surface area (Å²) in [4.78, 5) is 23.6. The Hall–Kier alpha value is -3.70. The first kappa shape index (κ1) is 24.0. The fraction of sp³-hybridized carbons (Fsp3) is 0.200. The highest BCUT2D eigenvalue weighted by atomic mass is 35.5. The van der Waals surface area contributed by atoms with Crippen molar-refractivity contribution in [2.24, 2.45) is 14.1 Å². The lowest BCUT2D eigenvalue weighted by Crippen LogP contribution is -2.08. The zero-order valence-electron chi connectivity index (χ0n) is 18.1. The summed E-state index contributed by atoms with van der Waals surface area (Å²) in [6.45, 7) is 3.10. The summed E-state index contributed by atoms with van der Waals surface area (Å²) >= 11 is 12.2. The molecular formula is C20H19Cl2N7O4. The molecule has 3 rings (SSSR count). The second-order valence-electron chi connectivity index (χ2n) is 7.04. The summed E-state index contributed by atoms with van der Waals surface area (Å²) in [5, 5.41) is 31.8. The first-order valence-electron chi connectivity index (χ1n) is 9.47. The van der Waals surface area contributed by atoms with E-state index in [4.69, 9.17) is 23.2 Å². The number of aryl methyl sites for hydroxylation is 4. The molecule has 3 aromatic rings. The molecule has 0 unspecified atom stereocenters. The highest BCUT2D eigenvalue weighted by Gasteiger charge is 2.23. The van der Waals surface area contributed by atoms with Crippen molar-refractivity contribution in [3.63, 3.8) is 0 Å². The maximum absolute atomic E-state index is 11.5. The van der Waals surface area contributed by atoms with Gasteiger partial charge in [0.1, 0.15) is 22.8 Å². The lowest BCUT2D eigenvalue weighted by Gasteiger charge is -2.16.